The van der Waals surface area contributed by atoms with Gasteiger partial charge in [-0.15, -0.1) is 10.2 Å². The summed E-state index contributed by atoms with van der Waals surface area (Å²) < 4.78 is 8.15. The fourth-order valence-electron chi connectivity index (χ4n) is 3.28. The lowest BCUT2D eigenvalue weighted by atomic mass is 10.1. The second-order valence-electron chi connectivity index (χ2n) is 7.33. The molecule has 0 saturated heterocycles. The molecule has 3 heterocycles. The number of aryl methyl sites for hydroxylation is 2. The van der Waals surface area contributed by atoms with Crippen LogP contribution in [0.1, 0.15) is 21.6 Å². The van der Waals surface area contributed by atoms with E-state index in [4.69, 9.17) is 4.42 Å². The molecular formula is C23H17BrN6O2. The van der Waals surface area contributed by atoms with Crippen molar-refractivity contribution in [2.45, 2.75) is 13.8 Å². The Balaban J connectivity index is 1.43. The van der Waals surface area contributed by atoms with Gasteiger partial charge in [-0.1, -0.05) is 6.07 Å². The maximum absolute atomic E-state index is 12.9. The zero-order chi connectivity index (χ0) is 22.2. The Morgan fingerprint density at radius 1 is 1.00 bits per heavy atom. The van der Waals surface area contributed by atoms with E-state index in [-0.39, 0.29) is 11.6 Å². The largest absolute Gasteiger partial charge is 0.436 e. The van der Waals surface area contributed by atoms with Crippen LogP contribution in [0.5, 0.6) is 0 Å². The number of nitrogens with one attached hydrogen (secondary N) is 1. The molecule has 0 aliphatic rings. The van der Waals surface area contributed by atoms with Crippen LogP contribution < -0.4 is 5.32 Å². The fraction of sp³-hybridized carbons (Fsp3) is 0.0870. The van der Waals surface area contributed by atoms with Gasteiger partial charge >= 0.3 is 0 Å². The van der Waals surface area contributed by atoms with Crippen LogP contribution in [0.4, 0.5) is 5.69 Å². The van der Waals surface area contributed by atoms with E-state index in [1.807, 2.05) is 44.2 Å². The number of amides is 1. The maximum atomic E-state index is 12.9. The third kappa shape index (κ3) is 3.78. The topological polar surface area (TPSA) is 98.7 Å². The highest BCUT2D eigenvalue weighted by atomic mass is 79.9. The number of anilines is 1. The van der Waals surface area contributed by atoms with E-state index < -0.39 is 0 Å². The quantitative estimate of drug-likeness (QED) is 0.377. The lowest BCUT2D eigenvalue weighted by molar-refractivity contribution is 0.102. The third-order valence-corrected chi connectivity index (χ3v) is 5.74. The van der Waals surface area contributed by atoms with Gasteiger partial charge in [0.25, 0.3) is 5.91 Å². The van der Waals surface area contributed by atoms with Gasteiger partial charge in [0.1, 0.15) is 29.7 Å². The molecule has 0 unspecified atom stereocenters. The van der Waals surface area contributed by atoms with E-state index in [9.17, 15) is 4.79 Å². The van der Waals surface area contributed by atoms with Gasteiger partial charge in [-0.05, 0) is 83.4 Å². The van der Waals surface area contributed by atoms with Gasteiger partial charge in [0.15, 0.2) is 5.58 Å². The first-order valence-electron chi connectivity index (χ1n) is 9.79. The Hall–Kier alpha value is -3.85. The summed E-state index contributed by atoms with van der Waals surface area (Å²) in [4.78, 5) is 22.0. The molecule has 158 valence electrons. The summed E-state index contributed by atoms with van der Waals surface area (Å²) in [5, 5.41) is 10.4. The van der Waals surface area contributed by atoms with Gasteiger partial charge in [0.2, 0.25) is 5.89 Å². The molecule has 0 spiro atoms. The van der Waals surface area contributed by atoms with Crippen molar-refractivity contribution in [1.82, 2.24) is 24.7 Å². The van der Waals surface area contributed by atoms with Crippen molar-refractivity contribution in [2.24, 2.45) is 0 Å². The Kier molecular flexibility index (Phi) is 5.02. The molecule has 5 rings (SSSR count). The highest BCUT2D eigenvalue weighted by molar-refractivity contribution is 9.10. The monoisotopic (exact) mass is 488 g/mol. The van der Waals surface area contributed by atoms with Crippen LogP contribution in [0, 0.1) is 13.8 Å². The van der Waals surface area contributed by atoms with Crippen LogP contribution in [0.3, 0.4) is 0 Å². The van der Waals surface area contributed by atoms with Gasteiger partial charge in [-0.2, -0.15) is 0 Å². The Morgan fingerprint density at radius 3 is 2.59 bits per heavy atom. The zero-order valence-corrected chi connectivity index (χ0v) is 18.8. The summed E-state index contributed by atoms with van der Waals surface area (Å²) in [7, 11) is 0. The predicted molar refractivity (Wildman–Crippen MR) is 124 cm³/mol. The number of carbonyl (C=O) groups excluding carboxylic acids is 1. The predicted octanol–water partition coefficient (Wildman–Crippen LogP) is 5.10. The first kappa shape index (κ1) is 20.1. The minimum Gasteiger partial charge on any atom is -0.436 e. The number of rotatable bonds is 4. The Bertz CT molecular complexity index is 1420. The van der Waals surface area contributed by atoms with Gasteiger partial charge in [-0.3, -0.25) is 9.36 Å². The number of aromatic nitrogens is 5. The molecule has 0 saturated carbocycles. The van der Waals surface area contributed by atoms with Crippen molar-refractivity contribution in [3.8, 4) is 17.3 Å². The highest BCUT2D eigenvalue weighted by Gasteiger charge is 2.15. The molecule has 8 nitrogen and oxygen atoms in total. The molecule has 0 atom stereocenters. The second kappa shape index (κ2) is 8.01. The molecule has 1 amide bonds. The average molecular weight is 489 g/mol. The first-order valence-corrected chi connectivity index (χ1v) is 10.6. The number of oxazole rings is 1. The van der Waals surface area contributed by atoms with Crippen molar-refractivity contribution in [2.75, 3.05) is 5.32 Å². The second-order valence-corrected chi connectivity index (χ2v) is 8.18. The summed E-state index contributed by atoms with van der Waals surface area (Å²) in [5.74, 6) is 0.678. The average Bonchev–Trinajstić information content (AvgIpc) is 3.45. The fourth-order valence-corrected chi connectivity index (χ4v) is 3.68. The third-order valence-electron chi connectivity index (χ3n) is 5.10. The molecule has 0 aliphatic carbocycles. The maximum Gasteiger partial charge on any atom is 0.275 e. The summed E-state index contributed by atoms with van der Waals surface area (Å²) >= 11 is 3.40. The zero-order valence-electron chi connectivity index (χ0n) is 17.2. The summed E-state index contributed by atoms with van der Waals surface area (Å²) in [6.45, 7) is 4.08. The van der Waals surface area contributed by atoms with Crippen LogP contribution >= 0.6 is 15.9 Å². The molecule has 0 radical (unpaired) electrons. The number of carbonyl (C=O) groups is 1. The summed E-state index contributed by atoms with van der Waals surface area (Å²) in [6, 6.07) is 14.9. The lowest BCUT2D eigenvalue weighted by Gasteiger charge is -2.09. The number of fused-ring (bicyclic) bond motifs is 1. The van der Waals surface area contributed by atoms with Crippen LogP contribution in [-0.4, -0.2) is 30.6 Å². The molecule has 32 heavy (non-hydrogen) atoms. The lowest BCUT2D eigenvalue weighted by Crippen LogP contribution is -2.15. The van der Waals surface area contributed by atoms with E-state index >= 15 is 0 Å². The van der Waals surface area contributed by atoms with E-state index in [1.165, 1.54) is 12.7 Å². The molecule has 0 fully saturated rings. The molecule has 9 heteroatoms. The van der Waals surface area contributed by atoms with Crippen LogP contribution in [0.15, 0.2) is 70.1 Å². The molecule has 5 aromatic rings. The number of nitrogens with zero attached hydrogens (tertiary/aromatic N) is 5. The van der Waals surface area contributed by atoms with E-state index in [1.54, 1.807) is 22.8 Å². The SMILES string of the molecule is Cc1cc2nc(-c3cccc(NC(=O)c4nc(-n5cnnc5)ccc4Br)c3)oc2cc1C. The van der Waals surface area contributed by atoms with Crippen molar-refractivity contribution in [1.29, 1.82) is 0 Å². The standard InChI is InChI=1S/C23H17BrN6O2/c1-13-8-18-19(9-14(13)2)32-23(28-18)15-4-3-5-16(10-15)27-22(31)21-17(24)6-7-20(29-21)30-11-25-26-12-30/h3-12H,1-2H3,(H,27,31). The van der Waals surface area contributed by atoms with Crippen molar-refractivity contribution in [3.63, 3.8) is 0 Å². The smallest absolute Gasteiger partial charge is 0.275 e. The normalized spacial score (nSPS) is 11.1. The minimum atomic E-state index is -0.354. The van der Waals surface area contributed by atoms with Crippen molar-refractivity contribution in [3.05, 3.63) is 82.5 Å². The van der Waals surface area contributed by atoms with Gasteiger partial charge in [0, 0.05) is 15.7 Å². The molecule has 3 aromatic heterocycles. The molecule has 0 bridgehead atoms. The van der Waals surface area contributed by atoms with E-state index in [0.717, 1.165) is 27.8 Å². The van der Waals surface area contributed by atoms with Crippen LogP contribution in [0.25, 0.3) is 28.4 Å². The van der Waals surface area contributed by atoms with Crippen molar-refractivity contribution < 1.29 is 9.21 Å². The number of hydrogen-bond donors (Lipinski definition) is 1. The number of halogens is 1. The summed E-state index contributed by atoms with van der Waals surface area (Å²) in [5.41, 5.74) is 5.45. The molecular weight excluding hydrogens is 472 g/mol. The molecule has 1 N–H and O–H groups in total. The highest BCUT2D eigenvalue weighted by Crippen LogP contribution is 2.28. The van der Waals surface area contributed by atoms with Gasteiger partial charge in [0.05, 0.1) is 0 Å². The minimum absolute atomic E-state index is 0.245. The Labute approximate surface area is 191 Å². The number of hydrogen-bond acceptors (Lipinski definition) is 6. The molecule has 2 aromatic carbocycles. The Morgan fingerprint density at radius 2 is 1.78 bits per heavy atom. The van der Waals surface area contributed by atoms with E-state index in [0.29, 0.717) is 21.9 Å². The van der Waals surface area contributed by atoms with Crippen LogP contribution in [0.2, 0.25) is 0 Å². The molecule has 0 aliphatic heterocycles. The summed E-state index contributed by atoms with van der Waals surface area (Å²) in [6.07, 6.45) is 3.04. The number of benzene rings is 2. The van der Waals surface area contributed by atoms with Crippen molar-refractivity contribution >= 4 is 38.6 Å². The first-order chi connectivity index (χ1) is 15.5. The van der Waals surface area contributed by atoms with Gasteiger partial charge < -0.3 is 9.73 Å². The van der Waals surface area contributed by atoms with E-state index in [2.05, 4.69) is 41.4 Å². The number of pyridine rings is 1. The van der Waals surface area contributed by atoms with Gasteiger partial charge in [-0.25, -0.2) is 9.97 Å². The van der Waals surface area contributed by atoms with Crippen LogP contribution in [-0.2, 0) is 0 Å².